The van der Waals surface area contributed by atoms with Gasteiger partial charge < -0.3 is 9.47 Å². The quantitative estimate of drug-likeness (QED) is 0.732. The Labute approximate surface area is 99.5 Å². The largest absolute Gasteiger partial charge is 0.458 e. The summed E-state index contributed by atoms with van der Waals surface area (Å²) < 4.78 is 10.4. The van der Waals surface area contributed by atoms with Crippen molar-refractivity contribution in [1.82, 2.24) is 0 Å². The summed E-state index contributed by atoms with van der Waals surface area (Å²) in [7, 11) is 0. The smallest absolute Gasteiger partial charge is 0.303 e. The minimum Gasteiger partial charge on any atom is -0.458 e. The lowest BCUT2D eigenvalue weighted by atomic mass is 10.1. The van der Waals surface area contributed by atoms with Crippen LogP contribution in [0.3, 0.4) is 0 Å². The van der Waals surface area contributed by atoms with Crippen LogP contribution in [0, 0.1) is 0 Å². The summed E-state index contributed by atoms with van der Waals surface area (Å²) in [4.78, 5) is 22.1. The first-order chi connectivity index (χ1) is 8.08. The number of benzene rings is 1. The van der Waals surface area contributed by atoms with E-state index >= 15 is 0 Å². The molecule has 2 atom stereocenters. The molecule has 0 amide bonds. The van der Waals surface area contributed by atoms with Crippen LogP contribution in [-0.2, 0) is 25.5 Å². The minimum absolute atomic E-state index is 0.361. The van der Waals surface area contributed by atoms with Crippen LogP contribution in [0.4, 0.5) is 0 Å². The third kappa shape index (κ3) is 2.46. The second-order valence-electron chi connectivity index (χ2n) is 4.08. The van der Waals surface area contributed by atoms with Crippen molar-refractivity contribution < 1.29 is 19.1 Å². The van der Waals surface area contributed by atoms with Crippen LogP contribution >= 0.6 is 0 Å². The molecule has 1 aromatic carbocycles. The second kappa shape index (κ2) is 4.57. The Hall–Kier alpha value is -1.84. The average molecular weight is 234 g/mol. The van der Waals surface area contributed by atoms with E-state index in [4.69, 9.17) is 9.47 Å². The van der Waals surface area contributed by atoms with Gasteiger partial charge >= 0.3 is 11.9 Å². The van der Waals surface area contributed by atoms with Crippen molar-refractivity contribution in [1.29, 1.82) is 0 Å². The number of hydrogen-bond donors (Lipinski definition) is 0. The highest BCUT2D eigenvalue weighted by atomic mass is 16.6. The van der Waals surface area contributed by atoms with E-state index in [1.165, 1.54) is 13.8 Å². The predicted octanol–water partition coefficient (Wildman–Crippen LogP) is 1.78. The number of carbonyl (C=O) groups is 2. The van der Waals surface area contributed by atoms with Crippen LogP contribution < -0.4 is 0 Å². The topological polar surface area (TPSA) is 52.6 Å². The molecule has 0 saturated heterocycles. The Kier molecular flexibility index (Phi) is 3.13. The molecular weight excluding hydrogens is 220 g/mol. The summed E-state index contributed by atoms with van der Waals surface area (Å²) in [6, 6.07) is 7.65. The lowest BCUT2D eigenvalue weighted by Gasteiger charge is -2.19. The van der Waals surface area contributed by atoms with Crippen molar-refractivity contribution in [3.05, 3.63) is 35.4 Å². The van der Waals surface area contributed by atoms with E-state index in [1.807, 2.05) is 24.3 Å². The van der Waals surface area contributed by atoms with E-state index < -0.39 is 12.2 Å². The molecule has 0 heterocycles. The zero-order valence-corrected chi connectivity index (χ0v) is 9.80. The molecule has 17 heavy (non-hydrogen) atoms. The molecule has 0 saturated carbocycles. The van der Waals surface area contributed by atoms with Crippen molar-refractivity contribution in [2.24, 2.45) is 0 Å². The summed E-state index contributed by atoms with van der Waals surface area (Å²) in [5.74, 6) is -0.733. The van der Waals surface area contributed by atoms with Crippen LogP contribution in [0.25, 0.3) is 0 Å². The molecule has 90 valence electrons. The minimum atomic E-state index is -0.479. The summed E-state index contributed by atoms with van der Waals surface area (Å²) >= 11 is 0. The molecule has 0 bridgehead atoms. The molecule has 2 rings (SSSR count). The van der Waals surface area contributed by atoms with Gasteiger partial charge in [-0.2, -0.15) is 0 Å². The van der Waals surface area contributed by atoms with Crippen molar-refractivity contribution >= 4 is 11.9 Å². The molecule has 4 nitrogen and oxygen atoms in total. The van der Waals surface area contributed by atoms with Gasteiger partial charge in [-0.15, -0.1) is 0 Å². The molecule has 1 aliphatic rings. The van der Waals surface area contributed by atoms with Gasteiger partial charge in [0, 0.05) is 20.3 Å². The van der Waals surface area contributed by atoms with E-state index in [1.54, 1.807) is 0 Å². The van der Waals surface area contributed by atoms with Gasteiger partial charge in [-0.3, -0.25) is 9.59 Å². The van der Waals surface area contributed by atoms with Gasteiger partial charge in [-0.25, -0.2) is 0 Å². The standard InChI is InChI=1S/C13H14O4/c1-8(14)16-12-7-10-5-3-4-6-11(10)13(12)17-9(2)15/h3-6,12-13H,7H2,1-2H3. The molecular formula is C13H14O4. The lowest BCUT2D eigenvalue weighted by molar-refractivity contribution is -0.164. The summed E-state index contributed by atoms with van der Waals surface area (Å²) in [6.45, 7) is 2.71. The Bertz CT molecular complexity index is 452. The maximum Gasteiger partial charge on any atom is 0.303 e. The number of rotatable bonds is 2. The highest BCUT2D eigenvalue weighted by Gasteiger charge is 2.36. The molecule has 0 spiro atoms. The van der Waals surface area contributed by atoms with Gasteiger partial charge in [-0.1, -0.05) is 24.3 Å². The van der Waals surface area contributed by atoms with Crippen LogP contribution in [0.15, 0.2) is 24.3 Å². The van der Waals surface area contributed by atoms with Crippen molar-refractivity contribution in [2.75, 3.05) is 0 Å². The monoisotopic (exact) mass is 234 g/mol. The Balaban J connectivity index is 2.26. The first-order valence-electron chi connectivity index (χ1n) is 5.50. The second-order valence-corrected chi connectivity index (χ2v) is 4.08. The first kappa shape index (κ1) is 11.6. The fourth-order valence-electron chi connectivity index (χ4n) is 2.16. The van der Waals surface area contributed by atoms with Gasteiger partial charge in [0.1, 0.15) is 6.10 Å². The SMILES string of the molecule is CC(=O)OC1Cc2ccccc2C1OC(C)=O. The van der Waals surface area contributed by atoms with E-state index in [2.05, 4.69) is 0 Å². The average Bonchev–Trinajstić information content (AvgIpc) is 2.55. The number of esters is 2. The van der Waals surface area contributed by atoms with Crippen LogP contribution in [0.2, 0.25) is 0 Å². The Morgan fingerprint density at radius 1 is 1.12 bits per heavy atom. The molecule has 1 aliphatic carbocycles. The number of hydrogen-bond acceptors (Lipinski definition) is 4. The van der Waals surface area contributed by atoms with Crippen molar-refractivity contribution in [2.45, 2.75) is 32.5 Å². The molecule has 0 N–H and O–H groups in total. The van der Waals surface area contributed by atoms with Crippen LogP contribution in [0.5, 0.6) is 0 Å². The first-order valence-corrected chi connectivity index (χ1v) is 5.50. The molecule has 1 aromatic rings. The number of carbonyl (C=O) groups excluding carboxylic acids is 2. The Morgan fingerprint density at radius 3 is 2.41 bits per heavy atom. The molecule has 0 aliphatic heterocycles. The van der Waals surface area contributed by atoms with Gasteiger partial charge in [-0.05, 0) is 11.1 Å². The number of ether oxygens (including phenoxy) is 2. The summed E-state index contributed by atoms with van der Waals surface area (Å²) in [5, 5.41) is 0. The van der Waals surface area contributed by atoms with Crippen molar-refractivity contribution in [3.8, 4) is 0 Å². The number of fused-ring (bicyclic) bond motifs is 1. The zero-order valence-electron chi connectivity index (χ0n) is 9.80. The van der Waals surface area contributed by atoms with Crippen LogP contribution in [0.1, 0.15) is 31.1 Å². The highest BCUT2D eigenvalue weighted by molar-refractivity contribution is 5.68. The van der Waals surface area contributed by atoms with E-state index in [9.17, 15) is 9.59 Å². The molecule has 2 unspecified atom stereocenters. The third-order valence-electron chi connectivity index (χ3n) is 2.73. The molecule has 0 fully saturated rings. The normalized spacial score (nSPS) is 21.8. The van der Waals surface area contributed by atoms with E-state index in [-0.39, 0.29) is 11.9 Å². The maximum absolute atomic E-state index is 11.1. The molecule has 0 aromatic heterocycles. The summed E-state index contributed by atoms with van der Waals surface area (Å²) in [6.07, 6.45) is -0.297. The molecule has 0 radical (unpaired) electrons. The Morgan fingerprint density at radius 2 is 1.76 bits per heavy atom. The lowest BCUT2D eigenvalue weighted by Crippen LogP contribution is -2.24. The third-order valence-corrected chi connectivity index (χ3v) is 2.73. The predicted molar refractivity (Wildman–Crippen MR) is 60.2 cm³/mol. The van der Waals surface area contributed by atoms with Gasteiger partial charge in [0.15, 0.2) is 6.10 Å². The fraction of sp³-hybridized carbons (Fsp3) is 0.385. The van der Waals surface area contributed by atoms with Gasteiger partial charge in [0.2, 0.25) is 0 Å². The van der Waals surface area contributed by atoms with E-state index in [0.717, 1.165) is 11.1 Å². The zero-order chi connectivity index (χ0) is 12.4. The van der Waals surface area contributed by atoms with Gasteiger partial charge in [0.25, 0.3) is 0 Å². The van der Waals surface area contributed by atoms with Crippen LogP contribution in [-0.4, -0.2) is 18.0 Å². The van der Waals surface area contributed by atoms with E-state index in [0.29, 0.717) is 6.42 Å². The summed E-state index contributed by atoms with van der Waals surface area (Å²) in [5.41, 5.74) is 1.99. The fourth-order valence-corrected chi connectivity index (χ4v) is 2.16. The highest BCUT2D eigenvalue weighted by Crippen LogP contribution is 2.36. The van der Waals surface area contributed by atoms with Gasteiger partial charge in [0.05, 0.1) is 0 Å². The molecule has 4 heteroatoms. The van der Waals surface area contributed by atoms with Crippen molar-refractivity contribution in [3.63, 3.8) is 0 Å². The maximum atomic E-state index is 11.1.